The summed E-state index contributed by atoms with van der Waals surface area (Å²) in [5, 5.41) is 3.39. The van der Waals surface area contributed by atoms with Crippen molar-refractivity contribution in [1.82, 2.24) is 5.32 Å². The molecule has 1 atom stereocenters. The summed E-state index contributed by atoms with van der Waals surface area (Å²) in [6, 6.07) is 4.21. The van der Waals surface area contributed by atoms with Gasteiger partial charge in [0, 0.05) is 6.54 Å². The predicted octanol–water partition coefficient (Wildman–Crippen LogP) is 1.80. The molecule has 3 heteroatoms. The van der Waals surface area contributed by atoms with Crippen LogP contribution in [0, 0.1) is 6.92 Å². The SMILES string of the molecule is Cc1c(C2CCNC2)ccc2c1OCO2. The largest absolute Gasteiger partial charge is 0.454 e. The van der Waals surface area contributed by atoms with E-state index >= 15 is 0 Å². The monoisotopic (exact) mass is 205 g/mol. The molecule has 0 amide bonds. The lowest BCUT2D eigenvalue weighted by molar-refractivity contribution is 0.173. The second-order valence-corrected chi connectivity index (χ2v) is 4.20. The Morgan fingerprint density at radius 1 is 1.33 bits per heavy atom. The van der Waals surface area contributed by atoms with Crippen LogP contribution in [0.15, 0.2) is 12.1 Å². The van der Waals surface area contributed by atoms with E-state index in [4.69, 9.17) is 9.47 Å². The summed E-state index contributed by atoms with van der Waals surface area (Å²) in [4.78, 5) is 0. The Labute approximate surface area is 89.4 Å². The van der Waals surface area contributed by atoms with E-state index in [9.17, 15) is 0 Å². The lowest BCUT2D eigenvalue weighted by Crippen LogP contribution is -2.08. The lowest BCUT2D eigenvalue weighted by atomic mass is 9.93. The van der Waals surface area contributed by atoms with Crippen molar-refractivity contribution in [2.45, 2.75) is 19.3 Å². The van der Waals surface area contributed by atoms with Crippen molar-refractivity contribution in [3.05, 3.63) is 23.3 Å². The molecule has 15 heavy (non-hydrogen) atoms. The average molecular weight is 205 g/mol. The second kappa shape index (κ2) is 3.42. The molecule has 1 fully saturated rings. The van der Waals surface area contributed by atoms with Crippen molar-refractivity contribution in [3.63, 3.8) is 0 Å². The van der Waals surface area contributed by atoms with E-state index in [0.29, 0.717) is 12.7 Å². The molecule has 1 aromatic carbocycles. The minimum atomic E-state index is 0.364. The summed E-state index contributed by atoms with van der Waals surface area (Å²) in [7, 11) is 0. The molecule has 3 nitrogen and oxygen atoms in total. The van der Waals surface area contributed by atoms with Crippen molar-refractivity contribution in [2.24, 2.45) is 0 Å². The first-order valence-corrected chi connectivity index (χ1v) is 5.46. The van der Waals surface area contributed by atoms with Crippen molar-refractivity contribution in [3.8, 4) is 11.5 Å². The molecule has 0 spiro atoms. The Morgan fingerprint density at radius 2 is 2.27 bits per heavy atom. The fraction of sp³-hybridized carbons (Fsp3) is 0.500. The Morgan fingerprint density at radius 3 is 3.07 bits per heavy atom. The lowest BCUT2D eigenvalue weighted by Gasteiger charge is -2.13. The van der Waals surface area contributed by atoms with E-state index in [2.05, 4.69) is 18.3 Å². The fourth-order valence-electron chi connectivity index (χ4n) is 2.49. The number of nitrogens with one attached hydrogen (secondary N) is 1. The quantitative estimate of drug-likeness (QED) is 0.758. The van der Waals surface area contributed by atoms with Gasteiger partial charge in [0.15, 0.2) is 11.5 Å². The van der Waals surface area contributed by atoms with Crippen LogP contribution in [0.4, 0.5) is 0 Å². The number of rotatable bonds is 1. The summed E-state index contributed by atoms with van der Waals surface area (Å²) in [5.41, 5.74) is 2.66. The van der Waals surface area contributed by atoms with E-state index in [1.165, 1.54) is 17.5 Å². The standard InChI is InChI=1S/C12H15NO2/c1-8-10(9-4-5-13-6-9)2-3-11-12(8)15-7-14-11/h2-3,9,13H,4-7H2,1H3. The maximum Gasteiger partial charge on any atom is 0.231 e. The van der Waals surface area contributed by atoms with Gasteiger partial charge in [0.05, 0.1) is 0 Å². The van der Waals surface area contributed by atoms with Crippen LogP contribution in [-0.4, -0.2) is 19.9 Å². The minimum absolute atomic E-state index is 0.364. The fourth-order valence-corrected chi connectivity index (χ4v) is 2.49. The van der Waals surface area contributed by atoms with E-state index in [-0.39, 0.29) is 0 Å². The van der Waals surface area contributed by atoms with Crippen LogP contribution in [-0.2, 0) is 0 Å². The van der Waals surface area contributed by atoms with Gasteiger partial charge in [-0.2, -0.15) is 0 Å². The third-order valence-electron chi connectivity index (χ3n) is 3.33. The highest BCUT2D eigenvalue weighted by Gasteiger charge is 2.24. The Bertz CT molecular complexity index is 383. The third kappa shape index (κ3) is 1.38. The first-order valence-electron chi connectivity index (χ1n) is 5.46. The zero-order valence-corrected chi connectivity index (χ0v) is 8.88. The molecule has 1 saturated heterocycles. The first kappa shape index (κ1) is 9.04. The van der Waals surface area contributed by atoms with Crippen LogP contribution in [0.2, 0.25) is 0 Å². The normalized spacial score (nSPS) is 23.4. The molecule has 80 valence electrons. The second-order valence-electron chi connectivity index (χ2n) is 4.20. The van der Waals surface area contributed by atoms with Gasteiger partial charge in [0.25, 0.3) is 0 Å². The molecule has 1 aromatic rings. The molecule has 2 aliphatic rings. The molecule has 2 aliphatic heterocycles. The van der Waals surface area contributed by atoms with Gasteiger partial charge < -0.3 is 14.8 Å². The van der Waals surface area contributed by atoms with Crippen molar-refractivity contribution in [2.75, 3.05) is 19.9 Å². The first-order chi connectivity index (χ1) is 7.36. The molecule has 0 saturated carbocycles. The summed E-state index contributed by atoms with van der Waals surface area (Å²) >= 11 is 0. The summed E-state index contributed by atoms with van der Waals surface area (Å²) < 4.78 is 10.8. The van der Waals surface area contributed by atoms with Crippen LogP contribution < -0.4 is 14.8 Å². The Kier molecular flexibility index (Phi) is 2.06. The zero-order valence-electron chi connectivity index (χ0n) is 8.88. The molecule has 1 N–H and O–H groups in total. The van der Waals surface area contributed by atoms with E-state index in [1.54, 1.807) is 0 Å². The van der Waals surface area contributed by atoms with Crippen LogP contribution in [0.5, 0.6) is 11.5 Å². The van der Waals surface area contributed by atoms with Gasteiger partial charge in [0.2, 0.25) is 6.79 Å². The number of ether oxygens (including phenoxy) is 2. The van der Waals surface area contributed by atoms with Gasteiger partial charge in [-0.25, -0.2) is 0 Å². The van der Waals surface area contributed by atoms with E-state index in [1.807, 2.05) is 6.07 Å². The summed E-state index contributed by atoms with van der Waals surface area (Å²) in [6.07, 6.45) is 1.22. The highest BCUT2D eigenvalue weighted by Crippen LogP contribution is 2.40. The van der Waals surface area contributed by atoms with E-state index in [0.717, 1.165) is 24.6 Å². The van der Waals surface area contributed by atoms with Gasteiger partial charge in [-0.15, -0.1) is 0 Å². The number of fused-ring (bicyclic) bond motifs is 1. The predicted molar refractivity (Wildman–Crippen MR) is 57.5 cm³/mol. The van der Waals surface area contributed by atoms with Crippen molar-refractivity contribution < 1.29 is 9.47 Å². The third-order valence-corrected chi connectivity index (χ3v) is 3.33. The molecule has 0 aromatic heterocycles. The molecule has 0 aliphatic carbocycles. The average Bonchev–Trinajstić information content (AvgIpc) is 2.87. The Hall–Kier alpha value is -1.22. The van der Waals surface area contributed by atoms with Crippen molar-refractivity contribution >= 4 is 0 Å². The Balaban J connectivity index is 2.01. The summed E-state index contributed by atoms with van der Waals surface area (Å²) in [5.74, 6) is 2.47. The number of hydrogen-bond acceptors (Lipinski definition) is 3. The van der Waals surface area contributed by atoms with E-state index < -0.39 is 0 Å². The van der Waals surface area contributed by atoms with Crippen LogP contribution in [0.1, 0.15) is 23.5 Å². The van der Waals surface area contributed by atoms with Gasteiger partial charge in [-0.1, -0.05) is 6.07 Å². The molecule has 1 unspecified atom stereocenters. The minimum Gasteiger partial charge on any atom is -0.454 e. The molecule has 3 rings (SSSR count). The maximum absolute atomic E-state index is 5.49. The topological polar surface area (TPSA) is 30.5 Å². The van der Waals surface area contributed by atoms with Gasteiger partial charge in [0.1, 0.15) is 0 Å². The van der Waals surface area contributed by atoms with Gasteiger partial charge in [-0.05, 0) is 43.0 Å². The highest BCUT2D eigenvalue weighted by atomic mass is 16.7. The zero-order chi connectivity index (χ0) is 10.3. The molecule has 2 heterocycles. The van der Waals surface area contributed by atoms with Gasteiger partial charge >= 0.3 is 0 Å². The number of benzene rings is 1. The molecule has 0 bridgehead atoms. The van der Waals surface area contributed by atoms with Gasteiger partial charge in [-0.3, -0.25) is 0 Å². The smallest absolute Gasteiger partial charge is 0.231 e. The number of hydrogen-bond donors (Lipinski definition) is 1. The maximum atomic E-state index is 5.49. The summed E-state index contributed by atoms with van der Waals surface area (Å²) in [6.45, 7) is 4.70. The van der Waals surface area contributed by atoms with Crippen molar-refractivity contribution in [1.29, 1.82) is 0 Å². The molecular formula is C12H15NO2. The van der Waals surface area contributed by atoms with Crippen LogP contribution in [0.25, 0.3) is 0 Å². The van der Waals surface area contributed by atoms with Crippen LogP contribution in [0.3, 0.4) is 0 Å². The highest BCUT2D eigenvalue weighted by molar-refractivity contribution is 5.52. The molecule has 0 radical (unpaired) electrons. The van der Waals surface area contributed by atoms with Crippen LogP contribution >= 0.6 is 0 Å². The molecular weight excluding hydrogens is 190 g/mol.